The highest BCUT2D eigenvalue weighted by Gasteiger charge is 2.23. The molecule has 5 heteroatoms. The minimum absolute atomic E-state index is 1.01. The maximum Gasteiger partial charge on any atom is 0.259 e. The number of rotatable bonds is 1. The van der Waals surface area contributed by atoms with E-state index in [1.54, 1.807) is 19.3 Å². The predicted octanol–water partition coefficient (Wildman–Crippen LogP) is -0.859. The fourth-order valence-electron chi connectivity index (χ4n) is 0.801. The van der Waals surface area contributed by atoms with Gasteiger partial charge in [-0.15, -0.1) is 0 Å². The molecule has 1 heterocycles. The van der Waals surface area contributed by atoms with Crippen LogP contribution in [0.15, 0.2) is 12.2 Å². The van der Waals surface area contributed by atoms with Gasteiger partial charge in [-0.3, -0.25) is 0 Å². The lowest BCUT2D eigenvalue weighted by atomic mass is 10.6. The lowest BCUT2D eigenvalue weighted by Crippen LogP contribution is -2.27. The van der Waals surface area contributed by atoms with Crippen molar-refractivity contribution >= 4 is 16.3 Å². The minimum Gasteiger partial charge on any atom is -0.743 e. The molecule has 1 aliphatic heterocycles. The Kier molecular flexibility index (Phi) is 1.61. The van der Waals surface area contributed by atoms with Gasteiger partial charge in [0.05, 0.1) is 0 Å². The number of allylic oxidation sites excluding steroid dienone is 1. The second-order valence-electron chi connectivity index (χ2n) is 2.08. The van der Waals surface area contributed by atoms with Crippen LogP contribution in [0.5, 0.6) is 0 Å². The summed E-state index contributed by atoms with van der Waals surface area (Å²) >= 11 is 0. The highest BCUT2D eigenvalue weighted by atomic mass is 32.2. The monoisotopic (exact) mass is 161 g/mol. The zero-order valence-corrected chi connectivity index (χ0v) is 6.21. The van der Waals surface area contributed by atoms with Crippen molar-refractivity contribution in [1.29, 1.82) is 0 Å². The van der Waals surface area contributed by atoms with Crippen LogP contribution in [0.1, 0.15) is 0 Å². The van der Waals surface area contributed by atoms with Gasteiger partial charge in [-0.2, -0.15) is 0 Å². The van der Waals surface area contributed by atoms with Gasteiger partial charge in [0.2, 0.25) is 0 Å². The Balaban J connectivity index is 2.98. The molecule has 0 bridgehead atoms. The number of hydrogen-bond acceptors (Lipinski definition) is 3. The van der Waals surface area contributed by atoms with Gasteiger partial charge in [0, 0.05) is 12.2 Å². The van der Waals surface area contributed by atoms with E-state index in [2.05, 4.69) is 0 Å². The van der Waals surface area contributed by atoms with Crippen molar-refractivity contribution in [1.82, 2.24) is 0 Å². The Morgan fingerprint density at radius 1 is 1.60 bits per heavy atom. The molecule has 0 saturated heterocycles. The standard InChI is InChI=1S/C5H7NO3S/c1-6-4-2-3-5(6)10(7,8)9/h2-5H,1H3. The highest BCUT2D eigenvalue weighted by Crippen LogP contribution is 2.04. The molecule has 1 unspecified atom stereocenters. The molecule has 0 aromatic heterocycles. The van der Waals surface area contributed by atoms with Crippen LogP contribution in [-0.4, -0.2) is 36.2 Å². The van der Waals surface area contributed by atoms with E-state index in [4.69, 9.17) is 0 Å². The molecule has 4 nitrogen and oxygen atoms in total. The predicted molar refractivity (Wildman–Crippen MR) is 34.9 cm³/mol. The molecule has 56 valence electrons. The van der Waals surface area contributed by atoms with Crippen molar-refractivity contribution in [2.75, 3.05) is 7.05 Å². The molecule has 1 aliphatic rings. The van der Waals surface area contributed by atoms with Crippen LogP contribution in [0.25, 0.3) is 0 Å². The van der Waals surface area contributed by atoms with Crippen molar-refractivity contribution in [3.8, 4) is 0 Å². The average molecular weight is 161 g/mol. The van der Waals surface area contributed by atoms with E-state index in [0.717, 1.165) is 0 Å². The number of nitrogens with zero attached hydrogens (tertiary/aromatic N) is 1. The van der Waals surface area contributed by atoms with Crippen LogP contribution < -0.4 is 0 Å². The van der Waals surface area contributed by atoms with E-state index in [1.807, 2.05) is 0 Å². The molecular weight excluding hydrogens is 154 g/mol. The Morgan fingerprint density at radius 3 is 2.40 bits per heavy atom. The van der Waals surface area contributed by atoms with E-state index in [1.165, 1.54) is 10.7 Å². The van der Waals surface area contributed by atoms with Gasteiger partial charge >= 0.3 is 0 Å². The van der Waals surface area contributed by atoms with Gasteiger partial charge in [0.15, 0.2) is 16.3 Å². The lowest BCUT2D eigenvalue weighted by Gasteiger charge is -2.09. The molecule has 0 spiro atoms. The van der Waals surface area contributed by atoms with Crippen LogP contribution in [0, 0.1) is 0 Å². The summed E-state index contributed by atoms with van der Waals surface area (Å²) in [6, 6.07) is 0. The maximum atomic E-state index is 10.4. The Morgan fingerprint density at radius 2 is 2.20 bits per heavy atom. The molecule has 0 fully saturated rings. The summed E-state index contributed by atoms with van der Waals surface area (Å²) in [5, 5.41) is -1.01. The normalized spacial score (nSPS) is 25.0. The van der Waals surface area contributed by atoms with Crippen molar-refractivity contribution in [2.45, 2.75) is 5.37 Å². The van der Waals surface area contributed by atoms with E-state index >= 15 is 0 Å². The molecule has 0 saturated carbocycles. The minimum atomic E-state index is -4.19. The second kappa shape index (κ2) is 2.17. The molecule has 10 heavy (non-hydrogen) atoms. The zero-order chi connectivity index (χ0) is 7.78. The third kappa shape index (κ3) is 1.25. The van der Waals surface area contributed by atoms with Crippen molar-refractivity contribution in [3.63, 3.8) is 0 Å². The topological polar surface area (TPSA) is 60.2 Å². The molecular formula is C5H7NO3S. The van der Waals surface area contributed by atoms with Gasteiger partial charge in [-0.1, -0.05) is 0 Å². The highest BCUT2D eigenvalue weighted by molar-refractivity contribution is 7.86. The van der Waals surface area contributed by atoms with Crippen LogP contribution in [0.2, 0.25) is 0 Å². The van der Waals surface area contributed by atoms with E-state index < -0.39 is 15.5 Å². The van der Waals surface area contributed by atoms with Crippen LogP contribution >= 0.6 is 0 Å². The molecule has 0 radical (unpaired) electrons. The Hall–Kier alpha value is -0.680. The van der Waals surface area contributed by atoms with Crippen molar-refractivity contribution in [3.05, 3.63) is 12.2 Å². The third-order valence-corrected chi connectivity index (χ3v) is 2.38. The van der Waals surface area contributed by atoms with E-state index in [9.17, 15) is 13.0 Å². The van der Waals surface area contributed by atoms with Gasteiger partial charge in [0.1, 0.15) is 7.05 Å². The fraction of sp³-hybridized carbons (Fsp3) is 0.400. The summed E-state index contributed by atoms with van der Waals surface area (Å²) in [6.07, 6.45) is 4.43. The largest absolute Gasteiger partial charge is 0.743 e. The van der Waals surface area contributed by atoms with Gasteiger partial charge in [-0.05, 0) is 0 Å². The number of hydrogen-bond donors (Lipinski definition) is 0. The maximum absolute atomic E-state index is 10.4. The fourth-order valence-corrected chi connectivity index (χ4v) is 1.56. The SMILES string of the molecule is C[N+]1=CC=CC1S(=O)(=O)[O-]. The molecule has 1 rings (SSSR count). The third-order valence-electron chi connectivity index (χ3n) is 1.29. The smallest absolute Gasteiger partial charge is 0.259 e. The molecule has 0 N–H and O–H groups in total. The molecule has 1 atom stereocenters. The van der Waals surface area contributed by atoms with Gasteiger partial charge < -0.3 is 4.55 Å². The van der Waals surface area contributed by atoms with E-state index in [-0.39, 0.29) is 0 Å². The number of likely N-dealkylation sites (N-methyl/N-ethyl adjacent to an activating group) is 1. The lowest BCUT2D eigenvalue weighted by molar-refractivity contribution is -0.494. The average Bonchev–Trinajstić information content (AvgIpc) is 2.11. The zero-order valence-electron chi connectivity index (χ0n) is 5.39. The first-order chi connectivity index (χ1) is 4.52. The Bertz CT molecular complexity index is 288. The first kappa shape index (κ1) is 7.43. The summed E-state index contributed by atoms with van der Waals surface area (Å²) in [5.41, 5.74) is 0. The first-order valence-corrected chi connectivity index (χ1v) is 4.17. The molecule has 0 aromatic rings. The Labute approximate surface area is 59.2 Å². The van der Waals surface area contributed by atoms with Crippen LogP contribution in [0.3, 0.4) is 0 Å². The summed E-state index contributed by atoms with van der Waals surface area (Å²) in [7, 11) is -2.65. The summed E-state index contributed by atoms with van der Waals surface area (Å²) in [5.74, 6) is 0. The summed E-state index contributed by atoms with van der Waals surface area (Å²) in [6.45, 7) is 0. The molecule has 0 aromatic carbocycles. The van der Waals surface area contributed by atoms with Crippen LogP contribution in [-0.2, 0) is 10.1 Å². The second-order valence-corrected chi connectivity index (χ2v) is 3.55. The van der Waals surface area contributed by atoms with Gasteiger partial charge in [-0.25, -0.2) is 13.0 Å². The van der Waals surface area contributed by atoms with Gasteiger partial charge in [0.25, 0.3) is 5.37 Å². The summed E-state index contributed by atoms with van der Waals surface area (Å²) < 4.78 is 32.5. The first-order valence-electron chi connectivity index (χ1n) is 2.70. The van der Waals surface area contributed by atoms with Crippen molar-refractivity contribution < 1.29 is 17.5 Å². The quantitative estimate of drug-likeness (QED) is 0.371. The molecule has 0 amide bonds. The summed E-state index contributed by atoms with van der Waals surface area (Å²) in [4.78, 5) is 0. The van der Waals surface area contributed by atoms with Crippen LogP contribution in [0.4, 0.5) is 0 Å². The van der Waals surface area contributed by atoms with Crippen molar-refractivity contribution in [2.24, 2.45) is 0 Å². The van der Waals surface area contributed by atoms with E-state index in [0.29, 0.717) is 0 Å². The molecule has 0 aliphatic carbocycles.